The molecule has 0 saturated heterocycles. The van der Waals surface area contributed by atoms with Crippen LogP contribution in [0.1, 0.15) is 102 Å². The number of aliphatic hydroxyl groups is 1. The molecule has 3 rings (SSSR count). The average Bonchev–Trinajstić information content (AvgIpc) is 3.50. The van der Waals surface area contributed by atoms with Gasteiger partial charge in [-0.1, -0.05) is 58.6 Å². The number of hydrogen-bond acceptors (Lipinski definition) is 3. The smallest absolute Gasteiger partial charge is 0.337 e. The molecule has 0 spiro atoms. The summed E-state index contributed by atoms with van der Waals surface area (Å²) in [7, 11) is 0. The third kappa shape index (κ3) is 7.63. The van der Waals surface area contributed by atoms with Crippen LogP contribution in [0.25, 0.3) is 11.0 Å². The van der Waals surface area contributed by atoms with Gasteiger partial charge in [0.2, 0.25) is 0 Å². The normalized spacial score (nSPS) is 18.2. The highest BCUT2D eigenvalue weighted by Crippen LogP contribution is 2.39. The van der Waals surface area contributed by atoms with Crippen LogP contribution in [0.4, 0.5) is 4.39 Å². The van der Waals surface area contributed by atoms with Crippen molar-refractivity contribution in [2.75, 3.05) is 0 Å². The molecule has 3 N–H and O–H groups in total. The zero-order chi connectivity index (χ0) is 26.2. The van der Waals surface area contributed by atoms with Gasteiger partial charge in [0.25, 0.3) is 0 Å². The number of carbonyl (C=O) groups is 1. The molecule has 2 heterocycles. The number of aromatic amines is 1. The van der Waals surface area contributed by atoms with Crippen molar-refractivity contribution < 1.29 is 19.4 Å². The Morgan fingerprint density at radius 2 is 1.91 bits per heavy atom. The van der Waals surface area contributed by atoms with Crippen molar-refractivity contribution in [2.24, 2.45) is 5.92 Å². The fourth-order valence-electron chi connectivity index (χ4n) is 4.54. The minimum Gasteiger partial charge on any atom is -0.478 e. The molecule has 192 valence electrons. The molecule has 1 fully saturated rings. The lowest BCUT2D eigenvalue weighted by molar-refractivity contribution is 0.0696. The van der Waals surface area contributed by atoms with Crippen molar-refractivity contribution in [1.82, 2.24) is 9.97 Å². The fraction of sp³-hybridized carbons (Fsp3) is 0.517. The van der Waals surface area contributed by atoms with Gasteiger partial charge in [-0.25, -0.2) is 14.2 Å². The molecule has 6 heteroatoms. The highest BCUT2D eigenvalue weighted by Gasteiger charge is 2.26. The Balaban J connectivity index is 0.00000210. The van der Waals surface area contributed by atoms with Gasteiger partial charge in [0.1, 0.15) is 5.65 Å². The Bertz CT molecular complexity index is 1080. The summed E-state index contributed by atoms with van der Waals surface area (Å²) in [5, 5.41) is 20.6. The van der Waals surface area contributed by atoms with E-state index in [1.165, 1.54) is 26.0 Å². The highest BCUT2D eigenvalue weighted by atomic mass is 19.1. The van der Waals surface area contributed by atoms with Crippen molar-refractivity contribution in [3.8, 4) is 0 Å². The maximum Gasteiger partial charge on any atom is 0.337 e. The molecule has 0 bridgehead atoms. The number of aromatic carboxylic acids is 1. The first-order valence-corrected chi connectivity index (χ1v) is 12.8. The summed E-state index contributed by atoms with van der Waals surface area (Å²) in [6.45, 7) is 11.0. The molecule has 0 amide bonds. The first-order chi connectivity index (χ1) is 16.6. The zero-order valence-electron chi connectivity index (χ0n) is 22.0. The molecule has 0 aromatic carbocycles. The van der Waals surface area contributed by atoms with Gasteiger partial charge in [0.15, 0.2) is 0 Å². The Labute approximate surface area is 208 Å². The molecule has 35 heavy (non-hydrogen) atoms. The van der Waals surface area contributed by atoms with Gasteiger partial charge in [-0.15, -0.1) is 0 Å². The standard InChI is InChI=1S/C27H35FN2O3.C2H6/c1-5-27(4,33)17(2)10-11-20(12-18(3)28)23(13-19-8-6-7-9-19)24-15-21-14-22(26(31)32)16-29-25(21)30-24;1-2/h10-12,14-16,19,23,33H,5-9,13H2,1-4H3,(H,29,30)(H,31,32);1-2H3/b17-10+,18-12+,20-11+;/t23-,27?;/m1./s1. The van der Waals surface area contributed by atoms with Gasteiger partial charge in [-0.05, 0) is 68.9 Å². The fourth-order valence-corrected chi connectivity index (χ4v) is 4.54. The molecule has 2 atom stereocenters. The van der Waals surface area contributed by atoms with Crippen LogP contribution in [0.2, 0.25) is 0 Å². The van der Waals surface area contributed by atoms with E-state index in [0.29, 0.717) is 18.0 Å². The van der Waals surface area contributed by atoms with E-state index in [1.807, 2.05) is 45.9 Å². The van der Waals surface area contributed by atoms with E-state index in [-0.39, 0.29) is 17.3 Å². The second-order valence-corrected chi connectivity index (χ2v) is 9.51. The summed E-state index contributed by atoms with van der Waals surface area (Å²) in [5.74, 6) is -0.857. The minimum atomic E-state index is -1.02. The van der Waals surface area contributed by atoms with Gasteiger partial charge in [0, 0.05) is 23.2 Å². The Morgan fingerprint density at radius 1 is 1.26 bits per heavy atom. The van der Waals surface area contributed by atoms with Crippen molar-refractivity contribution in [3.05, 3.63) is 64.8 Å². The molecule has 5 nitrogen and oxygen atoms in total. The van der Waals surface area contributed by atoms with E-state index < -0.39 is 11.6 Å². The SMILES string of the molecule is CC.CCC(C)(O)/C(C)=C/C=C(\C=C(/C)F)[C@@H](CC1CCCC1)c1cc2cc(C(=O)O)cnc2[nH]1. The van der Waals surface area contributed by atoms with Gasteiger partial charge < -0.3 is 15.2 Å². The summed E-state index contributed by atoms with van der Waals surface area (Å²) in [5.41, 5.74) is 2.36. The number of nitrogens with one attached hydrogen (secondary N) is 1. The van der Waals surface area contributed by atoms with Gasteiger partial charge in [-0.3, -0.25) is 0 Å². The van der Waals surface area contributed by atoms with Crippen molar-refractivity contribution in [3.63, 3.8) is 0 Å². The van der Waals surface area contributed by atoms with Crippen LogP contribution in [0.3, 0.4) is 0 Å². The maximum absolute atomic E-state index is 14.2. The first kappa shape index (κ1) is 28.5. The van der Waals surface area contributed by atoms with Crippen molar-refractivity contribution in [1.29, 1.82) is 0 Å². The Hall–Kier alpha value is -2.73. The third-order valence-corrected chi connectivity index (χ3v) is 6.99. The highest BCUT2D eigenvalue weighted by molar-refractivity contribution is 5.92. The Morgan fingerprint density at radius 3 is 2.49 bits per heavy atom. The molecule has 0 radical (unpaired) electrons. The number of hydrogen-bond donors (Lipinski definition) is 3. The molecule has 1 aliphatic carbocycles. The lowest BCUT2D eigenvalue weighted by Crippen LogP contribution is -2.23. The number of carboxylic acid groups (broad SMARTS) is 1. The van der Waals surface area contributed by atoms with Crippen LogP contribution in [-0.2, 0) is 0 Å². The van der Waals surface area contributed by atoms with E-state index in [1.54, 1.807) is 19.1 Å². The molecule has 0 aliphatic heterocycles. The van der Waals surface area contributed by atoms with E-state index in [0.717, 1.165) is 41.5 Å². The van der Waals surface area contributed by atoms with Crippen LogP contribution >= 0.6 is 0 Å². The van der Waals surface area contributed by atoms with Crippen LogP contribution in [0.5, 0.6) is 0 Å². The Kier molecular flexibility index (Phi) is 10.4. The number of fused-ring (bicyclic) bond motifs is 1. The quantitative estimate of drug-likeness (QED) is 0.316. The van der Waals surface area contributed by atoms with Crippen LogP contribution in [0.15, 0.2) is 53.5 Å². The van der Waals surface area contributed by atoms with Crippen LogP contribution in [-0.4, -0.2) is 31.8 Å². The number of halogens is 1. The topological polar surface area (TPSA) is 86.2 Å². The summed E-state index contributed by atoms with van der Waals surface area (Å²) in [6, 6.07) is 3.54. The summed E-state index contributed by atoms with van der Waals surface area (Å²) in [4.78, 5) is 19.0. The third-order valence-electron chi connectivity index (χ3n) is 6.99. The largest absolute Gasteiger partial charge is 0.478 e. The molecule has 1 aliphatic rings. The summed E-state index contributed by atoms with van der Waals surface area (Å²) >= 11 is 0. The number of pyridine rings is 1. The van der Waals surface area contributed by atoms with Gasteiger partial charge in [-0.2, -0.15) is 0 Å². The minimum absolute atomic E-state index is 0.100. The van der Waals surface area contributed by atoms with Crippen LogP contribution in [0, 0.1) is 5.92 Å². The monoisotopic (exact) mass is 484 g/mol. The molecule has 2 aromatic rings. The number of carboxylic acids is 1. The average molecular weight is 485 g/mol. The second-order valence-electron chi connectivity index (χ2n) is 9.51. The predicted octanol–water partition coefficient (Wildman–Crippen LogP) is 7.86. The number of nitrogens with zero attached hydrogens (tertiary/aromatic N) is 1. The summed E-state index contributed by atoms with van der Waals surface area (Å²) in [6.07, 6.45) is 12.9. The molecule has 2 aromatic heterocycles. The van der Waals surface area contributed by atoms with Crippen LogP contribution < -0.4 is 0 Å². The lowest BCUT2D eigenvalue weighted by Gasteiger charge is -2.23. The zero-order valence-corrected chi connectivity index (χ0v) is 22.0. The van der Waals surface area contributed by atoms with Crippen molar-refractivity contribution in [2.45, 2.75) is 91.6 Å². The second kappa shape index (κ2) is 12.8. The number of aromatic nitrogens is 2. The molecule has 1 saturated carbocycles. The van der Waals surface area contributed by atoms with E-state index in [2.05, 4.69) is 9.97 Å². The van der Waals surface area contributed by atoms with Gasteiger partial charge in [0.05, 0.1) is 17.0 Å². The first-order valence-electron chi connectivity index (χ1n) is 12.8. The maximum atomic E-state index is 14.2. The number of H-pyrrole nitrogens is 1. The van der Waals surface area contributed by atoms with Crippen molar-refractivity contribution >= 4 is 17.0 Å². The van der Waals surface area contributed by atoms with E-state index in [9.17, 15) is 19.4 Å². The summed E-state index contributed by atoms with van der Waals surface area (Å²) < 4.78 is 14.2. The predicted molar refractivity (Wildman–Crippen MR) is 141 cm³/mol. The molecular formula is C29H41FN2O3. The molecule has 1 unspecified atom stereocenters. The van der Waals surface area contributed by atoms with E-state index >= 15 is 0 Å². The van der Waals surface area contributed by atoms with Gasteiger partial charge >= 0.3 is 5.97 Å². The van der Waals surface area contributed by atoms with E-state index in [4.69, 9.17) is 0 Å². The lowest BCUT2D eigenvalue weighted by atomic mass is 9.84. The number of allylic oxidation sites excluding steroid dienone is 5. The molecular weight excluding hydrogens is 443 g/mol. The number of rotatable bonds is 9.